The smallest absolute Gasteiger partial charge is 0.150 e. The zero-order valence-corrected chi connectivity index (χ0v) is 14.2. The normalized spacial score (nSPS) is 10.2. The molecular formula is C21H19NO3. The van der Waals surface area contributed by atoms with E-state index < -0.39 is 0 Å². The second-order valence-corrected chi connectivity index (χ2v) is 5.44. The van der Waals surface area contributed by atoms with E-state index in [0.717, 1.165) is 34.8 Å². The summed E-state index contributed by atoms with van der Waals surface area (Å²) in [6, 6.07) is 23.1. The van der Waals surface area contributed by atoms with Gasteiger partial charge in [-0.1, -0.05) is 6.07 Å². The van der Waals surface area contributed by atoms with Gasteiger partial charge in [0, 0.05) is 28.7 Å². The second kappa shape index (κ2) is 7.53. The maximum absolute atomic E-state index is 10.9. The van der Waals surface area contributed by atoms with Crippen LogP contribution in [0.25, 0.3) is 0 Å². The number of anilines is 3. The van der Waals surface area contributed by atoms with Crippen molar-refractivity contribution in [2.24, 2.45) is 0 Å². The molecule has 0 aliphatic heterocycles. The molecule has 3 aromatic rings. The first-order valence-electron chi connectivity index (χ1n) is 7.88. The molecule has 4 heteroatoms. The van der Waals surface area contributed by atoms with Crippen molar-refractivity contribution in [3.63, 3.8) is 0 Å². The van der Waals surface area contributed by atoms with E-state index in [0.29, 0.717) is 5.56 Å². The van der Waals surface area contributed by atoms with Crippen LogP contribution < -0.4 is 14.4 Å². The van der Waals surface area contributed by atoms with E-state index >= 15 is 0 Å². The number of benzene rings is 3. The van der Waals surface area contributed by atoms with Gasteiger partial charge in [0.2, 0.25) is 0 Å². The molecule has 0 saturated carbocycles. The lowest BCUT2D eigenvalue weighted by Gasteiger charge is -2.26. The quantitative estimate of drug-likeness (QED) is 0.596. The van der Waals surface area contributed by atoms with Crippen LogP contribution in [0.4, 0.5) is 17.1 Å². The minimum absolute atomic E-state index is 0.643. The number of ether oxygens (including phenoxy) is 2. The van der Waals surface area contributed by atoms with Crippen LogP contribution in [0, 0.1) is 0 Å². The van der Waals surface area contributed by atoms with Crippen LogP contribution in [0.15, 0.2) is 72.8 Å². The monoisotopic (exact) mass is 333 g/mol. The van der Waals surface area contributed by atoms with Gasteiger partial charge >= 0.3 is 0 Å². The molecule has 0 amide bonds. The van der Waals surface area contributed by atoms with Crippen molar-refractivity contribution in [1.29, 1.82) is 0 Å². The highest BCUT2D eigenvalue weighted by Gasteiger charge is 2.13. The zero-order chi connectivity index (χ0) is 17.6. The van der Waals surface area contributed by atoms with Crippen molar-refractivity contribution in [2.75, 3.05) is 19.1 Å². The predicted octanol–water partition coefficient (Wildman–Crippen LogP) is 4.99. The van der Waals surface area contributed by atoms with Gasteiger partial charge < -0.3 is 14.4 Å². The summed E-state index contributed by atoms with van der Waals surface area (Å²) >= 11 is 0. The standard InChI is InChI=1S/C21H19NO3/c1-24-20-12-10-18(11-13-20)22(17-8-6-16(15-23)7-9-17)19-4-3-5-21(14-19)25-2/h3-15H,1-2H3. The van der Waals surface area contributed by atoms with Crippen molar-refractivity contribution in [3.8, 4) is 11.5 Å². The lowest BCUT2D eigenvalue weighted by atomic mass is 10.1. The lowest BCUT2D eigenvalue weighted by molar-refractivity contribution is 0.112. The van der Waals surface area contributed by atoms with Crippen LogP contribution >= 0.6 is 0 Å². The molecule has 25 heavy (non-hydrogen) atoms. The third kappa shape index (κ3) is 3.63. The van der Waals surface area contributed by atoms with Gasteiger partial charge in [-0.2, -0.15) is 0 Å². The number of methoxy groups -OCH3 is 2. The van der Waals surface area contributed by atoms with Gasteiger partial charge in [-0.15, -0.1) is 0 Å². The molecule has 3 rings (SSSR count). The highest BCUT2D eigenvalue weighted by molar-refractivity contribution is 5.80. The summed E-state index contributed by atoms with van der Waals surface area (Å²) in [6.45, 7) is 0. The van der Waals surface area contributed by atoms with Crippen LogP contribution in [0.5, 0.6) is 11.5 Å². The maximum atomic E-state index is 10.9. The Morgan fingerprint density at radius 1 is 0.720 bits per heavy atom. The van der Waals surface area contributed by atoms with E-state index in [9.17, 15) is 4.79 Å². The fraction of sp³-hybridized carbons (Fsp3) is 0.0952. The summed E-state index contributed by atoms with van der Waals surface area (Å²) in [5.74, 6) is 1.58. The van der Waals surface area contributed by atoms with E-state index in [1.165, 1.54) is 0 Å². The Bertz CT molecular complexity index is 842. The molecule has 0 aliphatic carbocycles. The van der Waals surface area contributed by atoms with Gasteiger partial charge in [-0.05, 0) is 60.7 Å². The SMILES string of the molecule is COc1ccc(N(c2ccc(C=O)cc2)c2cccc(OC)c2)cc1. The molecule has 0 bridgehead atoms. The molecule has 0 unspecified atom stereocenters. The number of hydrogen-bond acceptors (Lipinski definition) is 4. The molecule has 0 N–H and O–H groups in total. The third-order valence-electron chi connectivity index (χ3n) is 3.93. The minimum atomic E-state index is 0.643. The minimum Gasteiger partial charge on any atom is -0.497 e. The highest BCUT2D eigenvalue weighted by Crippen LogP contribution is 2.36. The first-order chi connectivity index (χ1) is 12.2. The molecule has 3 aromatic carbocycles. The number of carbonyl (C=O) groups is 1. The van der Waals surface area contributed by atoms with E-state index in [1.807, 2.05) is 60.7 Å². The molecule has 126 valence electrons. The first-order valence-corrected chi connectivity index (χ1v) is 7.88. The molecule has 0 fully saturated rings. The highest BCUT2D eigenvalue weighted by atomic mass is 16.5. The summed E-state index contributed by atoms with van der Waals surface area (Å²) in [6.07, 6.45) is 0.840. The summed E-state index contributed by atoms with van der Waals surface area (Å²) in [5, 5.41) is 0. The average Bonchev–Trinajstić information content (AvgIpc) is 2.69. The third-order valence-corrected chi connectivity index (χ3v) is 3.93. The number of nitrogens with zero attached hydrogens (tertiary/aromatic N) is 1. The van der Waals surface area contributed by atoms with Crippen LogP contribution in [0.3, 0.4) is 0 Å². The Morgan fingerprint density at radius 2 is 1.32 bits per heavy atom. The van der Waals surface area contributed by atoms with Crippen molar-refractivity contribution >= 4 is 23.3 Å². The zero-order valence-electron chi connectivity index (χ0n) is 14.2. The summed E-state index contributed by atoms with van der Waals surface area (Å²) in [5.41, 5.74) is 3.53. The second-order valence-electron chi connectivity index (χ2n) is 5.44. The first kappa shape index (κ1) is 16.6. The topological polar surface area (TPSA) is 38.8 Å². The Balaban J connectivity index is 2.09. The summed E-state index contributed by atoms with van der Waals surface area (Å²) in [4.78, 5) is 13.0. The molecule has 4 nitrogen and oxygen atoms in total. The lowest BCUT2D eigenvalue weighted by Crippen LogP contribution is -2.10. The van der Waals surface area contributed by atoms with Crippen LogP contribution in [0.2, 0.25) is 0 Å². The molecule has 0 aromatic heterocycles. The Morgan fingerprint density at radius 3 is 1.88 bits per heavy atom. The van der Waals surface area contributed by atoms with Crippen molar-refractivity contribution in [3.05, 3.63) is 78.4 Å². The number of rotatable bonds is 6. The van der Waals surface area contributed by atoms with Gasteiger partial charge in [0.1, 0.15) is 17.8 Å². The van der Waals surface area contributed by atoms with Crippen molar-refractivity contribution < 1.29 is 14.3 Å². The number of hydrogen-bond donors (Lipinski definition) is 0. The van der Waals surface area contributed by atoms with E-state index in [1.54, 1.807) is 26.4 Å². The number of carbonyl (C=O) groups excluding carboxylic acids is 1. The van der Waals surface area contributed by atoms with Crippen molar-refractivity contribution in [1.82, 2.24) is 0 Å². The summed E-state index contributed by atoms with van der Waals surface area (Å²) < 4.78 is 10.6. The van der Waals surface area contributed by atoms with Gasteiger partial charge in [0.05, 0.1) is 14.2 Å². The maximum Gasteiger partial charge on any atom is 0.150 e. The average molecular weight is 333 g/mol. The van der Waals surface area contributed by atoms with Crippen LogP contribution in [-0.4, -0.2) is 20.5 Å². The fourth-order valence-corrected chi connectivity index (χ4v) is 2.63. The van der Waals surface area contributed by atoms with Gasteiger partial charge in [0.15, 0.2) is 0 Å². The Kier molecular flexibility index (Phi) is 5.00. The Hall–Kier alpha value is -3.27. The predicted molar refractivity (Wildman–Crippen MR) is 99.6 cm³/mol. The van der Waals surface area contributed by atoms with Gasteiger partial charge in [0.25, 0.3) is 0 Å². The van der Waals surface area contributed by atoms with Crippen molar-refractivity contribution in [2.45, 2.75) is 0 Å². The van der Waals surface area contributed by atoms with Crippen LogP contribution in [0.1, 0.15) is 10.4 Å². The summed E-state index contributed by atoms with van der Waals surface area (Å²) in [7, 11) is 3.29. The van der Waals surface area contributed by atoms with E-state index in [4.69, 9.17) is 9.47 Å². The molecule has 0 atom stereocenters. The van der Waals surface area contributed by atoms with Crippen LogP contribution in [-0.2, 0) is 0 Å². The molecular weight excluding hydrogens is 314 g/mol. The van der Waals surface area contributed by atoms with Gasteiger partial charge in [-0.25, -0.2) is 0 Å². The molecule has 0 radical (unpaired) electrons. The van der Waals surface area contributed by atoms with E-state index in [2.05, 4.69) is 4.90 Å². The number of aldehydes is 1. The largest absolute Gasteiger partial charge is 0.497 e. The Labute approximate surface area is 147 Å². The molecule has 0 aliphatic rings. The van der Waals surface area contributed by atoms with Gasteiger partial charge in [-0.3, -0.25) is 4.79 Å². The molecule has 0 saturated heterocycles. The fourth-order valence-electron chi connectivity index (χ4n) is 2.63. The van der Waals surface area contributed by atoms with E-state index in [-0.39, 0.29) is 0 Å². The molecule has 0 spiro atoms. The molecule has 0 heterocycles.